The van der Waals surface area contributed by atoms with Gasteiger partial charge in [-0.05, 0) is 38.8 Å². The molecule has 1 fully saturated rings. The number of carbonyl (C=O) groups is 3. The number of hydrogen-bond acceptors (Lipinski definition) is 7. The van der Waals surface area contributed by atoms with E-state index in [0.29, 0.717) is 18.7 Å². The number of unbranched alkanes of at least 4 members (excludes halogenated alkanes) is 2. The monoisotopic (exact) mass is 496 g/mol. The smallest absolute Gasteiger partial charge is 0.317 e. The van der Waals surface area contributed by atoms with Gasteiger partial charge < -0.3 is 10.0 Å². The first kappa shape index (κ1) is 25.3. The SMILES string of the molecule is CCCCCN(CC(=O)O)CC(=O)N1CCCC1c1cc(C(=O)Nc2ncc(F)s2)c(C)s1. The average Bonchev–Trinajstić information content (AvgIpc) is 3.47. The number of hydrogen-bond donors (Lipinski definition) is 2. The molecule has 33 heavy (non-hydrogen) atoms. The Morgan fingerprint density at radius 1 is 1.30 bits per heavy atom. The molecule has 1 aliphatic heterocycles. The summed E-state index contributed by atoms with van der Waals surface area (Å²) in [6.07, 6.45) is 5.56. The zero-order chi connectivity index (χ0) is 24.0. The predicted octanol–water partition coefficient (Wildman–Crippen LogP) is 4.14. The molecule has 2 aromatic heterocycles. The third-order valence-electron chi connectivity index (χ3n) is 5.58. The molecule has 1 saturated heterocycles. The minimum atomic E-state index is -0.943. The van der Waals surface area contributed by atoms with Crippen LogP contribution in [0.5, 0.6) is 0 Å². The molecule has 8 nitrogen and oxygen atoms in total. The van der Waals surface area contributed by atoms with Crippen LogP contribution in [0.15, 0.2) is 12.3 Å². The Balaban J connectivity index is 1.68. The average molecular weight is 497 g/mol. The van der Waals surface area contributed by atoms with Crippen molar-refractivity contribution < 1.29 is 23.9 Å². The molecule has 2 N–H and O–H groups in total. The lowest BCUT2D eigenvalue weighted by molar-refractivity contribution is -0.140. The van der Waals surface area contributed by atoms with Crippen molar-refractivity contribution in [1.29, 1.82) is 0 Å². The van der Waals surface area contributed by atoms with E-state index in [4.69, 9.17) is 0 Å². The number of aryl methyl sites for hydroxylation is 1. The molecular weight excluding hydrogens is 467 g/mol. The van der Waals surface area contributed by atoms with Gasteiger partial charge in [-0.1, -0.05) is 31.1 Å². The second kappa shape index (κ2) is 11.7. The van der Waals surface area contributed by atoms with E-state index in [1.54, 1.807) is 15.9 Å². The van der Waals surface area contributed by atoms with Crippen molar-refractivity contribution in [2.75, 3.05) is 31.5 Å². The minimum absolute atomic E-state index is 0.0693. The number of likely N-dealkylation sites (tertiary alicyclic amines) is 1. The summed E-state index contributed by atoms with van der Waals surface area (Å²) in [4.78, 5) is 46.0. The lowest BCUT2D eigenvalue weighted by Gasteiger charge is -2.27. The first-order valence-electron chi connectivity index (χ1n) is 11.0. The van der Waals surface area contributed by atoms with Gasteiger partial charge in [0.15, 0.2) is 10.3 Å². The Kier molecular flexibility index (Phi) is 8.93. The van der Waals surface area contributed by atoms with Gasteiger partial charge in [-0.3, -0.25) is 24.6 Å². The van der Waals surface area contributed by atoms with E-state index >= 15 is 0 Å². The van der Waals surface area contributed by atoms with Gasteiger partial charge in [0, 0.05) is 16.3 Å². The molecule has 0 radical (unpaired) electrons. The minimum Gasteiger partial charge on any atom is -0.480 e. The molecule has 2 aromatic rings. The van der Waals surface area contributed by atoms with Crippen molar-refractivity contribution in [3.05, 3.63) is 32.7 Å². The van der Waals surface area contributed by atoms with E-state index in [0.717, 1.165) is 59.4 Å². The van der Waals surface area contributed by atoms with E-state index < -0.39 is 11.1 Å². The van der Waals surface area contributed by atoms with Gasteiger partial charge in [-0.15, -0.1) is 11.3 Å². The second-order valence-corrected chi connectivity index (χ2v) is 10.4. The number of carboxylic acid groups (broad SMARTS) is 1. The largest absolute Gasteiger partial charge is 0.480 e. The maximum atomic E-state index is 13.2. The van der Waals surface area contributed by atoms with Gasteiger partial charge in [0.2, 0.25) is 5.91 Å². The van der Waals surface area contributed by atoms with Crippen molar-refractivity contribution in [2.24, 2.45) is 0 Å². The highest BCUT2D eigenvalue weighted by molar-refractivity contribution is 7.14. The van der Waals surface area contributed by atoms with Gasteiger partial charge in [0.25, 0.3) is 5.91 Å². The fourth-order valence-electron chi connectivity index (χ4n) is 4.01. The molecule has 0 bridgehead atoms. The van der Waals surface area contributed by atoms with Crippen LogP contribution < -0.4 is 5.32 Å². The maximum absolute atomic E-state index is 13.2. The summed E-state index contributed by atoms with van der Waals surface area (Å²) in [6.45, 7) is 5.01. The van der Waals surface area contributed by atoms with Crippen LogP contribution in [0.4, 0.5) is 9.52 Å². The fraction of sp³-hybridized carbons (Fsp3) is 0.545. The lowest BCUT2D eigenvalue weighted by atomic mass is 10.1. The summed E-state index contributed by atoms with van der Waals surface area (Å²) < 4.78 is 13.2. The van der Waals surface area contributed by atoms with Crippen molar-refractivity contribution in [2.45, 2.75) is 52.0 Å². The number of nitrogens with zero attached hydrogens (tertiary/aromatic N) is 3. The normalized spacial score (nSPS) is 15.9. The second-order valence-electron chi connectivity index (χ2n) is 8.10. The third-order valence-corrected chi connectivity index (χ3v) is 7.43. The number of halogens is 1. The van der Waals surface area contributed by atoms with Crippen LogP contribution >= 0.6 is 22.7 Å². The Bertz CT molecular complexity index is 993. The van der Waals surface area contributed by atoms with Crippen LogP contribution in [0, 0.1) is 12.1 Å². The third kappa shape index (κ3) is 6.81. The first-order valence-corrected chi connectivity index (χ1v) is 12.7. The van der Waals surface area contributed by atoms with Crippen LogP contribution in [0.3, 0.4) is 0 Å². The molecule has 1 atom stereocenters. The van der Waals surface area contributed by atoms with Gasteiger partial charge in [0.05, 0.1) is 30.9 Å². The topological polar surface area (TPSA) is 103 Å². The number of thiazole rings is 1. The van der Waals surface area contributed by atoms with Crippen LogP contribution in [-0.4, -0.2) is 63.9 Å². The molecule has 11 heteroatoms. The molecule has 2 amide bonds. The van der Waals surface area contributed by atoms with Crippen molar-refractivity contribution in [3.63, 3.8) is 0 Å². The number of amides is 2. The molecule has 0 saturated carbocycles. The van der Waals surface area contributed by atoms with Gasteiger partial charge in [0.1, 0.15) is 0 Å². The van der Waals surface area contributed by atoms with Crippen LogP contribution in [0.1, 0.15) is 65.2 Å². The summed E-state index contributed by atoms with van der Waals surface area (Å²) in [6, 6.07) is 1.66. The summed E-state index contributed by atoms with van der Waals surface area (Å²) >= 11 is 2.23. The van der Waals surface area contributed by atoms with Gasteiger partial charge >= 0.3 is 5.97 Å². The van der Waals surface area contributed by atoms with Crippen LogP contribution in [0.2, 0.25) is 0 Å². The van der Waals surface area contributed by atoms with E-state index in [-0.39, 0.29) is 36.1 Å². The van der Waals surface area contributed by atoms with Gasteiger partial charge in [-0.25, -0.2) is 4.98 Å². The maximum Gasteiger partial charge on any atom is 0.317 e. The zero-order valence-electron chi connectivity index (χ0n) is 18.8. The number of rotatable bonds is 11. The molecule has 1 unspecified atom stereocenters. The Labute approximate surface area is 200 Å². The number of thiophene rings is 1. The van der Waals surface area contributed by atoms with Crippen LogP contribution in [-0.2, 0) is 9.59 Å². The molecule has 180 valence electrons. The molecule has 0 spiro atoms. The van der Waals surface area contributed by atoms with Crippen LogP contribution in [0.25, 0.3) is 0 Å². The fourth-order valence-corrected chi connectivity index (χ4v) is 5.72. The number of aliphatic carboxylic acids is 1. The summed E-state index contributed by atoms with van der Waals surface area (Å²) in [5.74, 6) is -1.39. The van der Waals surface area contributed by atoms with E-state index in [1.807, 2.05) is 6.92 Å². The van der Waals surface area contributed by atoms with Crippen molar-refractivity contribution in [3.8, 4) is 0 Å². The number of aromatic nitrogens is 1. The highest BCUT2D eigenvalue weighted by Crippen LogP contribution is 2.37. The van der Waals surface area contributed by atoms with Crippen molar-refractivity contribution >= 4 is 45.6 Å². The van der Waals surface area contributed by atoms with Gasteiger partial charge in [-0.2, -0.15) is 4.39 Å². The Morgan fingerprint density at radius 2 is 2.09 bits per heavy atom. The molecule has 1 aliphatic rings. The molecule has 3 heterocycles. The molecular formula is C22H29FN4O4S2. The quantitative estimate of drug-likeness (QED) is 0.453. The molecule has 0 aliphatic carbocycles. The summed E-state index contributed by atoms with van der Waals surface area (Å²) in [7, 11) is 0. The number of anilines is 1. The molecule has 0 aromatic carbocycles. The first-order chi connectivity index (χ1) is 15.8. The lowest BCUT2D eigenvalue weighted by Crippen LogP contribution is -2.42. The zero-order valence-corrected chi connectivity index (χ0v) is 20.4. The predicted molar refractivity (Wildman–Crippen MR) is 126 cm³/mol. The van der Waals surface area contributed by atoms with E-state index in [9.17, 15) is 23.9 Å². The van der Waals surface area contributed by atoms with E-state index in [1.165, 1.54) is 11.3 Å². The highest BCUT2D eigenvalue weighted by atomic mass is 32.1. The standard InChI is InChI=1S/C22H29FN4O4S2/c1-3-4-5-8-26(13-20(29)30)12-19(28)27-9-6-7-16(27)17-10-15(14(2)32-17)21(31)25-22-24-11-18(23)33-22/h10-11,16H,3-9,12-13H2,1-2H3,(H,29,30)(H,24,25,31). The highest BCUT2D eigenvalue weighted by Gasteiger charge is 2.33. The number of carboxylic acids is 1. The Hall–Kier alpha value is -2.37. The number of carbonyl (C=O) groups excluding carboxylic acids is 2. The Morgan fingerprint density at radius 3 is 2.76 bits per heavy atom. The molecule has 3 rings (SSSR count). The number of nitrogens with one attached hydrogen (secondary N) is 1. The van der Waals surface area contributed by atoms with Crippen molar-refractivity contribution in [1.82, 2.24) is 14.8 Å². The van der Waals surface area contributed by atoms with E-state index in [2.05, 4.69) is 17.2 Å². The summed E-state index contributed by atoms with van der Waals surface area (Å²) in [5.41, 5.74) is 0.483. The summed E-state index contributed by atoms with van der Waals surface area (Å²) in [5, 5.41) is 11.6.